The number of carbonyl (C=O) groups excluding carboxylic acids is 1. The summed E-state index contributed by atoms with van der Waals surface area (Å²) in [4.78, 5) is 12.3. The zero-order valence-corrected chi connectivity index (χ0v) is 13.4. The number of halogens is 2. The molecular formula is C18H16F2N4O. The van der Waals surface area contributed by atoms with Crippen molar-refractivity contribution in [3.8, 4) is 11.3 Å². The van der Waals surface area contributed by atoms with E-state index in [0.29, 0.717) is 34.7 Å². The Balaban J connectivity index is 1.84. The number of aromatic nitrogens is 2. The van der Waals surface area contributed by atoms with E-state index in [1.54, 1.807) is 12.1 Å². The Hall–Kier alpha value is -3.22. The number of urea groups is 1. The van der Waals surface area contributed by atoms with Crippen molar-refractivity contribution >= 4 is 17.4 Å². The summed E-state index contributed by atoms with van der Waals surface area (Å²) < 4.78 is 26.4. The zero-order valence-electron chi connectivity index (χ0n) is 13.4. The second-order valence-corrected chi connectivity index (χ2v) is 5.38. The van der Waals surface area contributed by atoms with Crippen molar-refractivity contribution in [2.24, 2.45) is 0 Å². The van der Waals surface area contributed by atoms with Gasteiger partial charge in [-0.25, -0.2) is 13.6 Å². The van der Waals surface area contributed by atoms with Gasteiger partial charge < -0.3 is 10.6 Å². The van der Waals surface area contributed by atoms with Gasteiger partial charge in [0.05, 0.1) is 11.4 Å². The summed E-state index contributed by atoms with van der Waals surface area (Å²) >= 11 is 0. The third kappa shape index (κ3) is 3.82. The molecule has 2 amide bonds. The average Bonchev–Trinajstić information content (AvgIpc) is 2.99. The number of hydrogen-bond acceptors (Lipinski definition) is 2. The van der Waals surface area contributed by atoms with Gasteiger partial charge in [0.2, 0.25) is 0 Å². The molecule has 0 saturated carbocycles. The maximum atomic E-state index is 13.5. The molecule has 3 N–H and O–H groups in total. The molecule has 1 aromatic heterocycles. The first kappa shape index (κ1) is 16.6. The number of aryl methyl sites for hydroxylation is 1. The number of carbonyl (C=O) groups is 1. The highest BCUT2D eigenvalue weighted by Gasteiger charge is 2.17. The third-order valence-electron chi connectivity index (χ3n) is 3.63. The van der Waals surface area contributed by atoms with Crippen LogP contribution in [0.1, 0.15) is 12.6 Å². The molecule has 128 valence electrons. The first-order valence-electron chi connectivity index (χ1n) is 7.73. The lowest BCUT2D eigenvalue weighted by atomic mass is 10.1. The van der Waals surface area contributed by atoms with E-state index < -0.39 is 6.03 Å². The highest BCUT2D eigenvalue weighted by atomic mass is 19.1. The van der Waals surface area contributed by atoms with Crippen molar-refractivity contribution < 1.29 is 13.6 Å². The SMILES string of the molecule is CCc1[nH]nc(-c2cccc(F)c2)c1NC(=O)Nc1ccc(F)cc1. The number of nitrogens with one attached hydrogen (secondary N) is 3. The van der Waals surface area contributed by atoms with Crippen LogP contribution in [-0.2, 0) is 6.42 Å². The van der Waals surface area contributed by atoms with Crippen molar-refractivity contribution in [2.75, 3.05) is 10.6 Å². The van der Waals surface area contributed by atoms with E-state index in [0.717, 1.165) is 0 Å². The van der Waals surface area contributed by atoms with Crippen LogP contribution in [0.25, 0.3) is 11.3 Å². The number of H-pyrrole nitrogens is 1. The number of rotatable bonds is 4. The van der Waals surface area contributed by atoms with E-state index in [9.17, 15) is 13.6 Å². The fourth-order valence-corrected chi connectivity index (χ4v) is 2.42. The number of benzene rings is 2. The van der Waals surface area contributed by atoms with Crippen molar-refractivity contribution in [3.63, 3.8) is 0 Å². The molecule has 0 unspecified atom stereocenters. The van der Waals surface area contributed by atoms with Crippen LogP contribution < -0.4 is 10.6 Å². The molecule has 3 aromatic rings. The van der Waals surface area contributed by atoms with Crippen LogP contribution in [0.2, 0.25) is 0 Å². The molecule has 3 rings (SSSR count). The Morgan fingerprint density at radius 3 is 2.52 bits per heavy atom. The quantitative estimate of drug-likeness (QED) is 0.650. The topological polar surface area (TPSA) is 69.8 Å². The summed E-state index contributed by atoms with van der Waals surface area (Å²) in [6, 6.07) is 10.9. The maximum Gasteiger partial charge on any atom is 0.323 e. The monoisotopic (exact) mass is 342 g/mol. The summed E-state index contributed by atoms with van der Waals surface area (Å²) in [5.41, 5.74) is 2.65. The second kappa shape index (κ2) is 7.12. The zero-order chi connectivity index (χ0) is 17.8. The first-order chi connectivity index (χ1) is 12.1. The molecule has 2 aromatic carbocycles. The molecule has 0 aliphatic carbocycles. The van der Waals surface area contributed by atoms with Crippen LogP contribution in [0.15, 0.2) is 48.5 Å². The van der Waals surface area contributed by atoms with Gasteiger partial charge in [-0.1, -0.05) is 19.1 Å². The summed E-state index contributed by atoms with van der Waals surface area (Å²) in [5, 5.41) is 12.4. The van der Waals surface area contributed by atoms with E-state index in [1.165, 1.54) is 36.4 Å². The molecule has 0 aliphatic heterocycles. The van der Waals surface area contributed by atoms with Crippen LogP contribution in [0, 0.1) is 11.6 Å². The lowest BCUT2D eigenvalue weighted by Gasteiger charge is -2.09. The lowest BCUT2D eigenvalue weighted by molar-refractivity contribution is 0.262. The Bertz CT molecular complexity index is 890. The average molecular weight is 342 g/mol. The highest BCUT2D eigenvalue weighted by molar-refractivity contribution is 6.02. The van der Waals surface area contributed by atoms with Crippen molar-refractivity contribution in [1.29, 1.82) is 0 Å². The van der Waals surface area contributed by atoms with Crippen molar-refractivity contribution in [1.82, 2.24) is 10.2 Å². The smallest absolute Gasteiger partial charge is 0.308 e. The summed E-state index contributed by atoms with van der Waals surface area (Å²) in [5.74, 6) is -0.775. The van der Waals surface area contributed by atoms with Gasteiger partial charge in [0.1, 0.15) is 17.3 Å². The molecule has 0 saturated heterocycles. The summed E-state index contributed by atoms with van der Waals surface area (Å²) in [6.45, 7) is 1.91. The predicted molar refractivity (Wildman–Crippen MR) is 92.4 cm³/mol. The molecule has 5 nitrogen and oxygen atoms in total. The lowest BCUT2D eigenvalue weighted by Crippen LogP contribution is -2.20. The van der Waals surface area contributed by atoms with Crippen LogP contribution >= 0.6 is 0 Å². The molecule has 0 fully saturated rings. The van der Waals surface area contributed by atoms with Gasteiger partial charge in [0, 0.05) is 11.3 Å². The molecule has 1 heterocycles. The van der Waals surface area contributed by atoms with Gasteiger partial charge >= 0.3 is 6.03 Å². The second-order valence-electron chi connectivity index (χ2n) is 5.38. The highest BCUT2D eigenvalue weighted by Crippen LogP contribution is 2.29. The van der Waals surface area contributed by atoms with Gasteiger partial charge in [-0.15, -0.1) is 0 Å². The van der Waals surface area contributed by atoms with Gasteiger partial charge in [-0.2, -0.15) is 5.10 Å². The molecule has 7 heteroatoms. The number of hydrogen-bond donors (Lipinski definition) is 3. The Labute approximate surface area is 143 Å². The van der Waals surface area contributed by atoms with Gasteiger partial charge in [0.15, 0.2) is 0 Å². The minimum Gasteiger partial charge on any atom is -0.308 e. The predicted octanol–water partition coefficient (Wildman–Crippen LogP) is 4.56. The van der Waals surface area contributed by atoms with Gasteiger partial charge in [0.25, 0.3) is 0 Å². The summed E-state index contributed by atoms with van der Waals surface area (Å²) in [6.07, 6.45) is 0.606. The van der Waals surface area contributed by atoms with E-state index in [1.807, 2.05) is 6.92 Å². The fourth-order valence-electron chi connectivity index (χ4n) is 2.42. The van der Waals surface area contributed by atoms with Crippen LogP contribution in [0.5, 0.6) is 0 Å². The Kier molecular flexibility index (Phi) is 4.74. The molecule has 0 atom stereocenters. The van der Waals surface area contributed by atoms with Gasteiger partial charge in [-0.05, 0) is 42.8 Å². The minimum atomic E-state index is -0.500. The normalized spacial score (nSPS) is 10.5. The minimum absolute atomic E-state index is 0.387. The number of nitrogens with zero attached hydrogens (tertiary/aromatic N) is 1. The van der Waals surface area contributed by atoms with E-state index >= 15 is 0 Å². The number of anilines is 2. The van der Waals surface area contributed by atoms with Crippen molar-refractivity contribution in [2.45, 2.75) is 13.3 Å². The number of amides is 2. The number of aromatic amines is 1. The van der Waals surface area contributed by atoms with Crippen molar-refractivity contribution in [3.05, 3.63) is 65.9 Å². The van der Waals surface area contributed by atoms with E-state index in [-0.39, 0.29) is 11.6 Å². The molecule has 0 radical (unpaired) electrons. The molecule has 0 spiro atoms. The molecule has 0 aliphatic rings. The molecule has 25 heavy (non-hydrogen) atoms. The van der Waals surface area contributed by atoms with Crippen LogP contribution in [0.3, 0.4) is 0 Å². The summed E-state index contributed by atoms with van der Waals surface area (Å²) in [7, 11) is 0. The van der Waals surface area contributed by atoms with E-state index in [4.69, 9.17) is 0 Å². The molecule has 0 bridgehead atoms. The standard InChI is InChI=1S/C18H16F2N4O/c1-2-15-17(16(24-23-15)11-4-3-5-13(20)10-11)22-18(25)21-14-8-6-12(19)7-9-14/h3-10H,2H2,1H3,(H,23,24)(H2,21,22,25). The van der Waals surface area contributed by atoms with Gasteiger partial charge in [-0.3, -0.25) is 5.10 Å². The van der Waals surface area contributed by atoms with Crippen LogP contribution in [-0.4, -0.2) is 16.2 Å². The third-order valence-corrected chi connectivity index (χ3v) is 3.63. The van der Waals surface area contributed by atoms with Crippen LogP contribution in [0.4, 0.5) is 25.0 Å². The van der Waals surface area contributed by atoms with E-state index in [2.05, 4.69) is 20.8 Å². The molecular weight excluding hydrogens is 326 g/mol. The first-order valence-corrected chi connectivity index (χ1v) is 7.73. The fraction of sp³-hybridized carbons (Fsp3) is 0.111. The largest absolute Gasteiger partial charge is 0.323 e. The Morgan fingerprint density at radius 1 is 1.08 bits per heavy atom. The maximum absolute atomic E-state index is 13.5. The Morgan fingerprint density at radius 2 is 1.84 bits per heavy atom.